The van der Waals surface area contributed by atoms with Gasteiger partial charge in [-0.1, -0.05) is 31.2 Å². The second-order valence-corrected chi connectivity index (χ2v) is 4.66. The first-order valence-electron chi connectivity index (χ1n) is 6.52. The lowest BCUT2D eigenvalue weighted by molar-refractivity contribution is 0.151. The van der Waals surface area contributed by atoms with Crippen LogP contribution in [0.25, 0.3) is 0 Å². The van der Waals surface area contributed by atoms with Crippen LogP contribution in [0, 0.1) is 12.8 Å². The maximum absolute atomic E-state index is 5.31. The van der Waals surface area contributed by atoms with E-state index in [0.717, 1.165) is 26.1 Å². The largest absolute Gasteiger partial charge is 0.384 e. The Bertz CT molecular complexity index is 312. The molecule has 0 fully saturated rings. The van der Waals surface area contributed by atoms with E-state index in [-0.39, 0.29) is 0 Å². The fourth-order valence-electron chi connectivity index (χ4n) is 2.06. The zero-order chi connectivity index (χ0) is 12.5. The minimum atomic E-state index is 0.563. The van der Waals surface area contributed by atoms with E-state index in [0.29, 0.717) is 5.92 Å². The van der Waals surface area contributed by atoms with E-state index in [1.165, 1.54) is 17.5 Å². The number of aryl methyl sites for hydroxylation is 1. The molecule has 0 aliphatic rings. The number of benzene rings is 1. The van der Waals surface area contributed by atoms with Crippen molar-refractivity contribution in [2.45, 2.75) is 26.7 Å². The Morgan fingerprint density at radius 3 is 2.71 bits per heavy atom. The maximum atomic E-state index is 5.31. The molecule has 1 rings (SSSR count). The van der Waals surface area contributed by atoms with Crippen LogP contribution in [0.15, 0.2) is 24.3 Å². The third-order valence-electron chi connectivity index (χ3n) is 3.03. The number of hydrogen-bond donors (Lipinski definition) is 1. The SMILES string of the molecule is CCCNCC(COC)Cc1ccccc1C. The Kier molecular flexibility index (Phi) is 6.90. The third-order valence-corrected chi connectivity index (χ3v) is 3.03. The summed E-state index contributed by atoms with van der Waals surface area (Å²) < 4.78 is 5.31. The lowest BCUT2D eigenvalue weighted by Crippen LogP contribution is -2.28. The van der Waals surface area contributed by atoms with Crippen molar-refractivity contribution < 1.29 is 4.74 Å². The van der Waals surface area contributed by atoms with Gasteiger partial charge in [0.25, 0.3) is 0 Å². The van der Waals surface area contributed by atoms with E-state index in [1.54, 1.807) is 7.11 Å². The summed E-state index contributed by atoms with van der Waals surface area (Å²) in [6.45, 7) is 7.33. The van der Waals surface area contributed by atoms with Crippen LogP contribution in [0.1, 0.15) is 24.5 Å². The molecule has 0 aliphatic carbocycles. The lowest BCUT2D eigenvalue weighted by atomic mass is 9.96. The predicted molar refractivity (Wildman–Crippen MR) is 73.4 cm³/mol. The standard InChI is InChI=1S/C15H25NO/c1-4-9-16-11-14(12-17-3)10-15-8-6-5-7-13(15)2/h5-8,14,16H,4,9-12H2,1-3H3. The van der Waals surface area contributed by atoms with Crippen molar-refractivity contribution in [3.63, 3.8) is 0 Å². The first-order chi connectivity index (χ1) is 8.27. The molecular formula is C15H25NO. The van der Waals surface area contributed by atoms with Gasteiger partial charge in [0.2, 0.25) is 0 Å². The number of nitrogens with one attached hydrogen (secondary N) is 1. The number of methoxy groups -OCH3 is 1. The summed E-state index contributed by atoms with van der Waals surface area (Å²) >= 11 is 0. The summed E-state index contributed by atoms with van der Waals surface area (Å²) in [6.07, 6.45) is 2.28. The van der Waals surface area contributed by atoms with Gasteiger partial charge in [-0.3, -0.25) is 0 Å². The molecule has 0 bridgehead atoms. The number of ether oxygens (including phenoxy) is 1. The summed E-state index contributed by atoms with van der Waals surface area (Å²) in [7, 11) is 1.78. The highest BCUT2D eigenvalue weighted by Gasteiger charge is 2.10. The highest BCUT2D eigenvalue weighted by Crippen LogP contribution is 2.13. The summed E-state index contributed by atoms with van der Waals surface area (Å²) in [5.74, 6) is 0.563. The maximum Gasteiger partial charge on any atom is 0.0505 e. The molecule has 1 atom stereocenters. The van der Waals surface area contributed by atoms with Crippen LogP contribution in [0.4, 0.5) is 0 Å². The molecule has 0 saturated carbocycles. The molecule has 2 nitrogen and oxygen atoms in total. The van der Waals surface area contributed by atoms with E-state index in [1.807, 2.05) is 0 Å². The predicted octanol–water partition coefficient (Wildman–Crippen LogP) is 2.80. The van der Waals surface area contributed by atoms with Crippen LogP contribution in [-0.2, 0) is 11.2 Å². The minimum Gasteiger partial charge on any atom is -0.384 e. The van der Waals surface area contributed by atoms with Gasteiger partial charge in [-0.15, -0.1) is 0 Å². The molecule has 0 aliphatic heterocycles. The van der Waals surface area contributed by atoms with Gasteiger partial charge in [0.1, 0.15) is 0 Å². The van der Waals surface area contributed by atoms with Crippen molar-refractivity contribution in [3.8, 4) is 0 Å². The van der Waals surface area contributed by atoms with Crippen LogP contribution < -0.4 is 5.32 Å². The first-order valence-corrected chi connectivity index (χ1v) is 6.52. The van der Waals surface area contributed by atoms with Gasteiger partial charge in [-0.2, -0.15) is 0 Å². The molecule has 0 saturated heterocycles. The van der Waals surface area contributed by atoms with Crippen LogP contribution in [0.3, 0.4) is 0 Å². The molecule has 1 unspecified atom stereocenters. The fraction of sp³-hybridized carbons (Fsp3) is 0.600. The van der Waals surface area contributed by atoms with Crippen molar-refractivity contribution in [2.24, 2.45) is 5.92 Å². The molecular weight excluding hydrogens is 210 g/mol. The molecule has 0 spiro atoms. The average molecular weight is 235 g/mol. The van der Waals surface area contributed by atoms with Gasteiger partial charge in [0, 0.05) is 13.7 Å². The van der Waals surface area contributed by atoms with Crippen molar-refractivity contribution in [1.82, 2.24) is 5.32 Å². The molecule has 17 heavy (non-hydrogen) atoms. The Morgan fingerprint density at radius 2 is 2.06 bits per heavy atom. The Hall–Kier alpha value is -0.860. The van der Waals surface area contributed by atoms with Gasteiger partial charge in [0.05, 0.1) is 6.61 Å². The summed E-state index contributed by atoms with van der Waals surface area (Å²) in [4.78, 5) is 0. The molecule has 0 amide bonds. The highest BCUT2D eigenvalue weighted by molar-refractivity contribution is 5.25. The third kappa shape index (κ3) is 5.33. The Balaban J connectivity index is 2.50. The van der Waals surface area contributed by atoms with Crippen LogP contribution >= 0.6 is 0 Å². The van der Waals surface area contributed by atoms with Crippen molar-refractivity contribution in [2.75, 3.05) is 26.8 Å². The molecule has 1 aromatic carbocycles. The van der Waals surface area contributed by atoms with Gasteiger partial charge in [0.15, 0.2) is 0 Å². The zero-order valence-electron chi connectivity index (χ0n) is 11.3. The molecule has 1 aromatic rings. The quantitative estimate of drug-likeness (QED) is 0.700. The van der Waals surface area contributed by atoms with Gasteiger partial charge in [-0.05, 0) is 43.4 Å². The zero-order valence-corrected chi connectivity index (χ0v) is 11.3. The monoisotopic (exact) mass is 235 g/mol. The Labute approximate surface area is 105 Å². The Morgan fingerprint density at radius 1 is 1.29 bits per heavy atom. The van der Waals surface area contributed by atoms with Crippen LogP contribution in [-0.4, -0.2) is 26.8 Å². The summed E-state index contributed by atoms with van der Waals surface area (Å²) in [5, 5.41) is 3.48. The highest BCUT2D eigenvalue weighted by atomic mass is 16.5. The van der Waals surface area contributed by atoms with E-state index < -0.39 is 0 Å². The summed E-state index contributed by atoms with van der Waals surface area (Å²) in [6, 6.07) is 8.61. The van der Waals surface area contributed by atoms with Crippen LogP contribution in [0.2, 0.25) is 0 Å². The second-order valence-electron chi connectivity index (χ2n) is 4.66. The topological polar surface area (TPSA) is 21.3 Å². The van der Waals surface area contributed by atoms with E-state index >= 15 is 0 Å². The fourth-order valence-corrected chi connectivity index (χ4v) is 2.06. The van der Waals surface area contributed by atoms with Crippen molar-refractivity contribution in [1.29, 1.82) is 0 Å². The minimum absolute atomic E-state index is 0.563. The number of hydrogen-bond acceptors (Lipinski definition) is 2. The van der Waals surface area contributed by atoms with E-state index in [4.69, 9.17) is 4.74 Å². The van der Waals surface area contributed by atoms with E-state index in [9.17, 15) is 0 Å². The molecule has 2 heteroatoms. The van der Waals surface area contributed by atoms with Gasteiger partial charge >= 0.3 is 0 Å². The second kappa shape index (κ2) is 8.26. The molecule has 96 valence electrons. The molecule has 0 aromatic heterocycles. The summed E-state index contributed by atoms with van der Waals surface area (Å²) in [5.41, 5.74) is 2.82. The average Bonchev–Trinajstić information content (AvgIpc) is 2.32. The molecule has 0 radical (unpaired) electrons. The number of rotatable bonds is 8. The van der Waals surface area contributed by atoms with Gasteiger partial charge < -0.3 is 10.1 Å². The molecule has 1 N–H and O–H groups in total. The lowest BCUT2D eigenvalue weighted by Gasteiger charge is -2.18. The smallest absolute Gasteiger partial charge is 0.0505 e. The van der Waals surface area contributed by atoms with Gasteiger partial charge in [-0.25, -0.2) is 0 Å². The first kappa shape index (κ1) is 14.2. The van der Waals surface area contributed by atoms with Crippen molar-refractivity contribution in [3.05, 3.63) is 35.4 Å². The normalized spacial score (nSPS) is 12.6. The molecule has 0 heterocycles. The van der Waals surface area contributed by atoms with E-state index in [2.05, 4.69) is 43.4 Å². The van der Waals surface area contributed by atoms with Crippen LogP contribution in [0.5, 0.6) is 0 Å². The van der Waals surface area contributed by atoms with Crippen molar-refractivity contribution >= 4 is 0 Å².